The van der Waals surface area contributed by atoms with Crippen molar-refractivity contribution < 1.29 is 14.3 Å². The number of likely N-dealkylation sites (tertiary alicyclic amines) is 1. The molecule has 25 heavy (non-hydrogen) atoms. The second-order valence-corrected chi connectivity index (χ2v) is 7.52. The number of imidazole rings is 1. The Morgan fingerprint density at radius 3 is 2.88 bits per heavy atom. The van der Waals surface area contributed by atoms with Crippen LogP contribution in [-0.4, -0.2) is 45.8 Å². The third kappa shape index (κ3) is 4.65. The van der Waals surface area contributed by atoms with E-state index in [0.29, 0.717) is 12.6 Å². The lowest BCUT2D eigenvalue weighted by molar-refractivity contribution is 0.00734. The molecule has 2 heterocycles. The Morgan fingerprint density at radius 1 is 1.32 bits per heavy atom. The van der Waals surface area contributed by atoms with E-state index in [1.807, 2.05) is 49.9 Å². The van der Waals surface area contributed by atoms with E-state index in [2.05, 4.69) is 9.97 Å². The Labute approximate surface area is 148 Å². The Kier molecular flexibility index (Phi) is 5.16. The number of ether oxygens (including phenoxy) is 2. The lowest BCUT2D eigenvalue weighted by Crippen LogP contribution is -2.46. The fraction of sp³-hybridized carbons (Fsp3) is 0.579. The first-order valence-corrected chi connectivity index (χ1v) is 8.99. The van der Waals surface area contributed by atoms with Gasteiger partial charge < -0.3 is 19.4 Å². The van der Waals surface area contributed by atoms with Crippen LogP contribution >= 0.6 is 0 Å². The topological polar surface area (TPSA) is 67.4 Å². The minimum Gasteiger partial charge on any atom is -0.465 e. The fourth-order valence-corrected chi connectivity index (χ4v) is 3.15. The van der Waals surface area contributed by atoms with Gasteiger partial charge in [-0.25, -0.2) is 4.79 Å². The minimum atomic E-state index is -0.468. The second kappa shape index (κ2) is 7.33. The van der Waals surface area contributed by atoms with Crippen molar-refractivity contribution in [1.82, 2.24) is 14.9 Å². The highest BCUT2D eigenvalue weighted by Gasteiger charge is 2.30. The number of amides is 1. The monoisotopic (exact) mass is 345 g/mol. The summed E-state index contributed by atoms with van der Waals surface area (Å²) < 4.78 is 11.3. The van der Waals surface area contributed by atoms with Crippen molar-refractivity contribution in [3.63, 3.8) is 0 Å². The van der Waals surface area contributed by atoms with E-state index in [9.17, 15) is 4.79 Å². The number of hydrogen-bond acceptors (Lipinski definition) is 4. The Bertz CT molecular complexity index is 687. The van der Waals surface area contributed by atoms with Crippen molar-refractivity contribution in [2.45, 2.75) is 58.1 Å². The number of hydrogen-bond donors (Lipinski definition) is 1. The van der Waals surface area contributed by atoms with Gasteiger partial charge in [0.25, 0.3) is 6.01 Å². The summed E-state index contributed by atoms with van der Waals surface area (Å²) in [6.07, 6.45) is 3.70. The van der Waals surface area contributed by atoms with Crippen molar-refractivity contribution in [3.05, 3.63) is 24.3 Å². The lowest BCUT2D eigenvalue weighted by Gasteiger charge is -2.36. The summed E-state index contributed by atoms with van der Waals surface area (Å²) >= 11 is 0. The molecule has 1 saturated heterocycles. The Balaban J connectivity index is 1.55. The van der Waals surface area contributed by atoms with Crippen LogP contribution < -0.4 is 4.74 Å². The quantitative estimate of drug-likeness (QED) is 0.905. The molecule has 0 aliphatic carbocycles. The van der Waals surface area contributed by atoms with Crippen molar-refractivity contribution >= 4 is 17.1 Å². The fourth-order valence-electron chi connectivity index (χ4n) is 3.15. The van der Waals surface area contributed by atoms with E-state index in [1.54, 1.807) is 0 Å². The number of fused-ring (bicyclic) bond motifs is 1. The first kappa shape index (κ1) is 17.6. The molecule has 1 aliphatic heterocycles. The molecular weight excluding hydrogens is 318 g/mol. The molecule has 0 bridgehead atoms. The highest BCUT2D eigenvalue weighted by Crippen LogP contribution is 2.23. The molecule has 0 saturated carbocycles. The number of piperidine rings is 1. The van der Waals surface area contributed by atoms with Crippen LogP contribution in [-0.2, 0) is 4.74 Å². The zero-order valence-corrected chi connectivity index (χ0v) is 15.2. The summed E-state index contributed by atoms with van der Waals surface area (Å²) in [4.78, 5) is 21.9. The van der Waals surface area contributed by atoms with Crippen LogP contribution in [0.3, 0.4) is 0 Å². The summed E-state index contributed by atoms with van der Waals surface area (Å²) in [7, 11) is 0. The van der Waals surface area contributed by atoms with Gasteiger partial charge in [-0.2, -0.15) is 4.98 Å². The van der Waals surface area contributed by atoms with E-state index in [-0.39, 0.29) is 12.1 Å². The number of nitrogens with zero attached hydrogens (tertiary/aromatic N) is 2. The van der Waals surface area contributed by atoms with E-state index < -0.39 is 5.60 Å². The van der Waals surface area contributed by atoms with Crippen molar-refractivity contribution in [2.75, 3.05) is 13.2 Å². The average molecular weight is 345 g/mol. The molecular formula is C19H27N3O3. The molecule has 0 spiro atoms. The first-order valence-electron chi connectivity index (χ1n) is 8.99. The lowest BCUT2D eigenvalue weighted by atomic mass is 10.0. The third-order valence-corrected chi connectivity index (χ3v) is 4.31. The minimum absolute atomic E-state index is 0.160. The van der Waals surface area contributed by atoms with Crippen LogP contribution in [0.25, 0.3) is 11.0 Å². The summed E-state index contributed by atoms with van der Waals surface area (Å²) in [6.45, 7) is 6.96. The normalized spacial score (nSPS) is 18.4. The van der Waals surface area contributed by atoms with Crippen molar-refractivity contribution in [2.24, 2.45) is 0 Å². The van der Waals surface area contributed by atoms with E-state index in [1.165, 1.54) is 0 Å². The van der Waals surface area contributed by atoms with Gasteiger partial charge >= 0.3 is 6.09 Å². The number of rotatable bonds is 4. The van der Waals surface area contributed by atoms with Gasteiger partial charge in [-0.3, -0.25) is 0 Å². The SMILES string of the molecule is CC(C)(C)OC(=O)N1CCCC[C@@H]1CCOc1nc2ccccc2[nH]1. The summed E-state index contributed by atoms with van der Waals surface area (Å²) in [5, 5.41) is 0. The van der Waals surface area contributed by atoms with Gasteiger partial charge in [0.05, 0.1) is 17.6 Å². The number of aromatic amines is 1. The maximum absolute atomic E-state index is 12.4. The number of carbonyl (C=O) groups excluding carboxylic acids is 1. The molecule has 0 radical (unpaired) electrons. The number of H-pyrrole nitrogens is 1. The predicted molar refractivity (Wildman–Crippen MR) is 96.8 cm³/mol. The number of carbonyl (C=O) groups is 1. The summed E-state index contributed by atoms with van der Waals surface area (Å²) in [6, 6.07) is 8.53. The van der Waals surface area contributed by atoms with Gasteiger partial charge in [-0.05, 0) is 52.2 Å². The van der Waals surface area contributed by atoms with E-state index in [4.69, 9.17) is 9.47 Å². The van der Waals surface area contributed by atoms with Crippen LogP contribution in [0, 0.1) is 0 Å². The molecule has 1 fully saturated rings. The van der Waals surface area contributed by atoms with Gasteiger partial charge in [-0.1, -0.05) is 12.1 Å². The highest BCUT2D eigenvalue weighted by molar-refractivity contribution is 5.75. The van der Waals surface area contributed by atoms with Crippen molar-refractivity contribution in [3.8, 4) is 6.01 Å². The largest absolute Gasteiger partial charge is 0.465 e. The molecule has 1 aromatic carbocycles. The van der Waals surface area contributed by atoms with Gasteiger partial charge in [-0.15, -0.1) is 0 Å². The van der Waals surface area contributed by atoms with Gasteiger partial charge in [0.1, 0.15) is 5.60 Å². The van der Waals surface area contributed by atoms with Crippen LogP contribution in [0.1, 0.15) is 46.5 Å². The Morgan fingerprint density at radius 2 is 2.12 bits per heavy atom. The molecule has 1 aromatic heterocycles. The standard InChI is InChI=1S/C19H27N3O3/c1-19(2,3)25-18(23)22-12-7-6-8-14(22)11-13-24-17-20-15-9-4-5-10-16(15)21-17/h4-5,9-10,14H,6-8,11-13H2,1-3H3,(H,20,21)/t14-/m1/s1. The van der Waals surface area contributed by atoms with Crippen LogP contribution in [0.2, 0.25) is 0 Å². The first-order chi connectivity index (χ1) is 11.9. The molecule has 136 valence electrons. The maximum atomic E-state index is 12.4. The van der Waals surface area contributed by atoms with Gasteiger partial charge in [0.15, 0.2) is 0 Å². The number of aromatic nitrogens is 2. The number of benzene rings is 1. The van der Waals surface area contributed by atoms with Crippen LogP contribution in [0.15, 0.2) is 24.3 Å². The molecule has 1 N–H and O–H groups in total. The van der Waals surface area contributed by atoms with Crippen LogP contribution in [0.4, 0.5) is 4.79 Å². The Hall–Kier alpha value is -2.24. The molecule has 1 atom stereocenters. The molecule has 3 rings (SSSR count). The van der Waals surface area contributed by atoms with E-state index in [0.717, 1.165) is 43.3 Å². The molecule has 0 unspecified atom stereocenters. The van der Waals surface area contributed by atoms with E-state index >= 15 is 0 Å². The molecule has 6 heteroatoms. The van der Waals surface area contributed by atoms with Gasteiger partial charge in [0, 0.05) is 19.0 Å². The number of para-hydroxylation sites is 2. The molecule has 2 aromatic rings. The maximum Gasteiger partial charge on any atom is 0.410 e. The summed E-state index contributed by atoms with van der Waals surface area (Å²) in [5.74, 6) is 0. The second-order valence-electron chi connectivity index (χ2n) is 7.52. The third-order valence-electron chi connectivity index (χ3n) is 4.31. The summed E-state index contributed by atoms with van der Waals surface area (Å²) in [5.41, 5.74) is 1.39. The van der Waals surface area contributed by atoms with Crippen molar-refractivity contribution in [1.29, 1.82) is 0 Å². The average Bonchev–Trinajstić information content (AvgIpc) is 2.96. The van der Waals surface area contributed by atoms with Gasteiger partial charge in [0.2, 0.25) is 0 Å². The zero-order chi connectivity index (χ0) is 17.9. The smallest absolute Gasteiger partial charge is 0.410 e. The number of nitrogens with one attached hydrogen (secondary N) is 1. The van der Waals surface area contributed by atoms with Crippen LogP contribution in [0.5, 0.6) is 6.01 Å². The highest BCUT2D eigenvalue weighted by atomic mass is 16.6. The zero-order valence-electron chi connectivity index (χ0n) is 15.2. The molecule has 1 amide bonds. The molecule has 6 nitrogen and oxygen atoms in total. The predicted octanol–water partition coefficient (Wildman–Crippen LogP) is 4.12. The molecule has 1 aliphatic rings.